The van der Waals surface area contributed by atoms with Gasteiger partial charge in [-0.3, -0.25) is 0 Å². The molecule has 1 aromatic carbocycles. The zero-order chi connectivity index (χ0) is 11.2. The molecule has 16 heavy (non-hydrogen) atoms. The predicted octanol–water partition coefficient (Wildman–Crippen LogP) is 2.73. The predicted molar refractivity (Wildman–Crippen MR) is 66.3 cm³/mol. The van der Waals surface area contributed by atoms with Crippen LogP contribution in [0.1, 0.15) is 31.7 Å². The van der Waals surface area contributed by atoms with Crippen LogP contribution in [0.15, 0.2) is 30.3 Å². The Kier molecular flexibility index (Phi) is 4.37. The van der Waals surface area contributed by atoms with Gasteiger partial charge in [0.25, 0.3) is 0 Å². The summed E-state index contributed by atoms with van der Waals surface area (Å²) < 4.78 is 5.64. The summed E-state index contributed by atoms with van der Waals surface area (Å²) in [6, 6.07) is 11.1. The van der Waals surface area contributed by atoms with Gasteiger partial charge < -0.3 is 10.1 Å². The third kappa shape index (κ3) is 3.62. The highest BCUT2D eigenvalue weighted by molar-refractivity contribution is 5.14. The standard InChI is InChI=1S/C14H21NO/c1-12(10-14-8-5-9-16-14)15-11-13-6-3-2-4-7-13/h2-4,6-7,12,14-15H,5,8-11H2,1H3/t12-,14+/m0/s1. The number of rotatable bonds is 5. The normalized spacial score (nSPS) is 22.2. The zero-order valence-corrected chi connectivity index (χ0v) is 9.99. The summed E-state index contributed by atoms with van der Waals surface area (Å²) in [4.78, 5) is 0. The lowest BCUT2D eigenvalue weighted by Gasteiger charge is -2.17. The molecule has 2 atom stereocenters. The fraction of sp³-hybridized carbons (Fsp3) is 0.571. The molecule has 1 heterocycles. The fourth-order valence-electron chi connectivity index (χ4n) is 2.20. The second-order valence-electron chi connectivity index (χ2n) is 4.64. The number of hydrogen-bond acceptors (Lipinski definition) is 2. The first-order valence-electron chi connectivity index (χ1n) is 6.23. The first-order chi connectivity index (χ1) is 7.84. The van der Waals surface area contributed by atoms with Crippen LogP contribution in [0.5, 0.6) is 0 Å². The average Bonchev–Trinajstić information content (AvgIpc) is 2.81. The summed E-state index contributed by atoms with van der Waals surface area (Å²) in [6.07, 6.45) is 4.08. The van der Waals surface area contributed by atoms with Crippen LogP contribution >= 0.6 is 0 Å². The van der Waals surface area contributed by atoms with E-state index in [9.17, 15) is 0 Å². The lowest BCUT2D eigenvalue weighted by molar-refractivity contribution is 0.0961. The minimum Gasteiger partial charge on any atom is -0.378 e. The van der Waals surface area contributed by atoms with Crippen LogP contribution in [0, 0.1) is 0 Å². The van der Waals surface area contributed by atoms with Gasteiger partial charge in [0.2, 0.25) is 0 Å². The van der Waals surface area contributed by atoms with Gasteiger partial charge in [-0.05, 0) is 31.7 Å². The number of nitrogens with one attached hydrogen (secondary N) is 1. The topological polar surface area (TPSA) is 21.3 Å². The van der Waals surface area contributed by atoms with Crippen LogP contribution in [-0.2, 0) is 11.3 Å². The molecule has 2 rings (SSSR count). The van der Waals surface area contributed by atoms with Crippen molar-refractivity contribution in [3.63, 3.8) is 0 Å². The molecule has 2 heteroatoms. The Balaban J connectivity index is 1.69. The van der Waals surface area contributed by atoms with E-state index < -0.39 is 0 Å². The molecule has 0 radical (unpaired) electrons. The summed E-state index contributed by atoms with van der Waals surface area (Å²) in [7, 11) is 0. The molecule has 0 amide bonds. The number of hydrogen-bond donors (Lipinski definition) is 1. The van der Waals surface area contributed by atoms with Crippen LogP contribution in [0.2, 0.25) is 0 Å². The van der Waals surface area contributed by atoms with Crippen LogP contribution in [0.4, 0.5) is 0 Å². The zero-order valence-electron chi connectivity index (χ0n) is 9.99. The van der Waals surface area contributed by atoms with Crippen molar-refractivity contribution >= 4 is 0 Å². The van der Waals surface area contributed by atoms with Gasteiger partial charge in [-0.1, -0.05) is 30.3 Å². The van der Waals surface area contributed by atoms with Crippen LogP contribution in [0.3, 0.4) is 0 Å². The van der Waals surface area contributed by atoms with Gasteiger partial charge in [0, 0.05) is 19.2 Å². The summed E-state index contributed by atoms with van der Waals surface area (Å²) in [5.41, 5.74) is 1.35. The van der Waals surface area contributed by atoms with E-state index in [2.05, 4.69) is 42.6 Å². The van der Waals surface area contributed by atoms with Crippen molar-refractivity contribution in [2.45, 2.75) is 44.9 Å². The van der Waals surface area contributed by atoms with E-state index in [0.29, 0.717) is 12.1 Å². The minimum absolute atomic E-state index is 0.485. The second-order valence-corrected chi connectivity index (χ2v) is 4.64. The summed E-state index contributed by atoms with van der Waals surface area (Å²) in [5, 5.41) is 3.55. The first kappa shape index (κ1) is 11.6. The maximum Gasteiger partial charge on any atom is 0.0590 e. The molecular formula is C14H21NO. The van der Waals surface area contributed by atoms with Crippen molar-refractivity contribution in [3.8, 4) is 0 Å². The molecule has 1 saturated heterocycles. The van der Waals surface area contributed by atoms with Gasteiger partial charge in [-0.25, -0.2) is 0 Å². The largest absolute Gasteiger partial charge is 0.378 e. The minimum atomic E-state index is 0.485. The molecule has 1 aliphatic rings. The van der Waals surface area contributed by atoms with Gasteiger partial charge in [0.15, 0.2) is 0 Å². The van der Waals surface area contributed by atoms with Crippen molar-refractivity contribution in [1.29, 1.82) is 0 Å². The molecule has 1 aliphatic heterocycles. The van der Waals surface area contributed by atoms with E-state index in [-0.39, 0.29) is 0 Å². The summed E-state index contributed by atoms with van der Waals surface area (Å²) in [5.74, 6) is 0. The summed E-state index contributed by atoms with van der Waals surface area (Å²) in [6.45, 7) is 4.15. The van der Waals surface area contributed by atoms with E-state index in [1.165, 1.54) is 18.4 Å². The lowest BCUT2D eigenvalue weighted by atomic mass is 10.1. The Morgan fingerprint density at radius 2 is 2.19 bits per heavy atom. The Labute approximate surface area is 98.0 Å². The molecule has 88 valence electrons. The Morgan fingerprint density at radius 1 is 1.38 bits per heavy atom. The quantitative estimate of drug-likeness (QED) is 0.822. The molecule has 2 nitrogen and oxygen atoms in total. The third-order valence-electron chi connectivity index (χ3n) is 3.14. The average molecular weight is 219 g/mol. The maximum atomic E-state index is 5.64. The van der Waals surface area contributed by atoms with Gasteiger partial charge >= 0.3 is 0 Å². The van der Waals surface area contributed by atoms with Gasteiger partial charge in [-0.15, -0.1) is 0 Å². The second kappa shape index (κ2) is 6.02. The molecule has 0 aromatic heterocycles. The van der Waals surface area contributed by atoms with Crippen LogP contribution < -0.4 is 5.32 Å². The molecule has 0 aliphatic carbocycles. The molecule has 1 fully saturated rings. The molecule has 1 aromatic rings. The SMILES string of the molecule is C[C@@H](C[C@H]1CCCO1)NCc1ccccc1. The fourth-order valence-corrected chi connectivity index (χ4v) is 2.20. The van der Waals surface area contributed by atoms with E-state index in [1.807, 2.05) is 0 Å². The Bertz CT molecular complexity index is 293. The molecule has 0 unspecified atom stereocenters. The van der Waals surface area contributed by atoms with Crippen LogP contribution in [0.25, 0.3) is 0 Å². The molecule has 0 spiro atoms. The van der Waals surface area contributed by atoms with Crippen molar-refractivity contribution < 1.29 is 4.74 Å². The van der Waals surface area contributed by atoms with Crippen LogP contribution in [-0.4, -0.2) is 18.8 Å². The van der Waals surface area contributed by atoms with Gasteiger partial charge in [0.1, 0.15) is 0 Å². The van der Waals surface area contributed by atoms with Crippen molar-refractivity contribution in [2.75, 3.05) is 6.61 Å². The van der Waals surface area contributed by atoms with E-state index in [4.69, 9.17) is 4.74 Å². The highest BCUT2D eigenvalue weighted by Gasteiger charge is 2.17. The van der Waals surface area contributed by atoms with E-state index in [1.54, 1.807) is 0 Å². The highest BCUT2D eigenvalue weighted by Crippen LogP contribution is 2.16. The van der Waals surface area contributed by atoms with E-state index in [0.717, 1.165) is 19.6 Å². The van der Waals surface area contributed by atoms with E-state index >= 15 is 0 Å². The Morgan fingerprint density at radius 3 is 2.88 bits per heavy atom. The molecular weight excluding hydrogens is 198 g/mol. The number of ether oxygens (including phenoxy) is 1. The number of benzene rings is 1. The van der Waals surface area contributed by atoms with Crippen molar-refractivity contribution in [2.24, 2.45) is 0 Å². The smallest absolute Gasteiger partial charge is 0.0590 e. The highest BCUT2D eigenvalue weighted by atomic mass is 16.5. The van der Waals surface area contributed by atoms with Crippen molar-refractivity contribution in [3.05, 3.63) is 35.9 Å². The van der Waals surface area contributed by atoms with Gasteiger partial charge in [-0.2, -0.15) is 0 Å². The molecule has 1 N–H and O–H groups in total. The maximum absolute atomic E-state index is 5.64. The summed E-state index contributed by atoms with van der Waals surface area (Å²) >= 11 is 0. The Hall–Kier alpha value is -0.860. The lowest BCUT2D eigenvalue weighted by Crippen LogP contribution is -2.29. The first-order valence-corrected chi connectivity index (χ1v) is 6.23. The van der Waals surface area contributed by atoms with Gasteiger partial charge in [0.05, 0.1) is 6.10 Å². The third-order valence-corrected chi connectivity index (χ3v) is 3.14. The van der Waals surface area contributed by atoms with Crippen molar-refractivity contribution in [1.82, 2.24) is 5.32 Å². The monoisotopic (exact) mass is 219 g/mol. The molecule has 0 saturated carbocycles. The molecule has 0 bridgehead atoms.